The molecule has 0 spiro atoms. The maximum atomic E-state index is 12.7. The molecule has 1 fully saturated rings. The number of halogens is 1. The number of fused-ring (bicyclic) bond motifs is 2. The second-order valence-electron chi connectivity index (χ2n) is 9.83. The van der Waals surface area contributed by atoms with Gasteiger partial charge in [0.15, 0.2) is 0 Å². The third-order valence-corrected chi connectivity index (χ3v) is 7.29. The number of nitrogens with one attached hydrogen (secondary N) is 1. The lowest BCUT2D eigenvalue weighted by molar-refractivity contribution is -0.115. The number of benzene rings is 5. The normalized spacial score (nSPS) is 18.5. The molecule has 0 heterocycles. The Bertz CT molecular complexity index is 1540. The Morgan fingerprint density at radius 2 is 1.50 bits per heavy atom. The first-order chi connectivity index (χ1) is 17.1. The van der Waals surface area contributed by atoms with Crippen LogP contribution in [0, 0.1) is 0 Å². The molecule has 1 saturated carbocycles. The fraction of sp³-hybridized carbons (Fsp3) is 0.156. The Morgan fingerprint density at radius 3 is 2.31 bits per heavy atom. The molecule has 0 aromatic heterocycles. The van der Waals surface area contributed by atoms with E-state index in [2.05, 4.69) is 78.1 Å². The summed E-state index contributed by atoms with van der Waals surface area (Å²) in [7, 11) is 0. The van der Waals surface area contributed by atoms with Crippen LogP contribution in [0.1, 0.15) is 29.0 Å². The predicted molar refractivity (Wildman–Crippen MR) is 152 cm³/mol. The van der Waals surface area contributed by atoms with Crippen molar-refractivity contribution in [1.82, 2.24) is 0 Å². The molecule has 0 radical (unpaired) electrons. The summed E-state index contributed by atoms with van der Waals surface area (Å²) in [5.41, 5.74) is 10.9. The number of hydrogen-bond acceptors (Lipinski definition) is 2. The molecule has 0 bridgehead atoms. The number of carbonyl (C=O) groups excluding carboxylic acids is 1. The molecule has 6 rings (SSSR count). The third-order valence-electron chi connectivity index (χ3n) is 7.29. The fourth-order valence-corrected chi connectivity index (χ4v) is 5.32. The van der Waals surface area contributed by atoms with E-state index in [-0.39, 0.29) is 23.9 Å². The maximum absolute atomic E-state index is 12.7. The molecule has 36 heavy (non-hydrogen) atoms. The molecule has 1 amide bonds. The van der Waals surface area contributed by atoms with Crippen LogP contribution in [0.25, 0.3) is 21.5 Å². The lowest BCUT2D eigenvalue weighted by Crippen LogP contribution is -2.27. The van der Waals surface area contributed by atoms with E-state index >= 15 is 0 Å². The van der Waals surface area contributed by atoms with Crippen molar-refractivity contribution in [3.05, 3.63) is 126 Å². The van der Waals surface area contributed by atoms with Gasteiger partial charge in [-0.1, -0.05) is 97.1 Å². The summed E-state index contributed by atoms with van der Waals surface area (Å²) in [6.07, 6.45) is 2.20. The smallest absolute Gasteiger partial charge is 0.228 e. The molecule has 0 aliphatic heterocycles. The van der Waals surface area contributed by atoms with Crippen molar-refractivity contribution < 1.29 is 4.79 Å². The number of amides is 1. The van der Waals surface area contributed by atoms with Crippen molar-refractivity contribution in [3.8, 4) is 0 Å². The number of rotatable bonds is 6. The van der Waals surface area contributed by atoms with Gasteiger partial charge in [-0.25, -0.2) is 0 Å². The molecule has 3 N–H and O–H groups in total. The average Bonchev–Trinajstić information content (AvgIpc) is 3.55. The van der Waals surface area contributed by atoms with E-state index in [4.69, 9.17) is 5.73 Å². The molecule has 2 unspecified atom stereocenters. The first-order valence-corrected chi connectivity index (χ1v) is 12.2. The zero-order valence-electron chi connectivity index (χ0n) is 20.0. The van der Waals surface area contributed by atoms with Crippen LogP contribution in [0.15, 0.2) is 109 Å². The summed E-state index contributed by atoms with van der Waals surface area (Å²) in [6, 6.07) is 37.5. The molecular weight excluding hydrogens is 464 g/mol. The molecule has 4 heteroatoms. The third kappa shape index (κ3) is 4.86. The van der Waals surface area contributed by atoms with Crippen molar-refractivity contribution in [2.45, 2.75) is 30.7 Å². The van der Waals surface area contributed by atoms with Gasteiger partial charge < -0.3 is 11.1 Å². The van der Waals surface area contributed by atoms with Gasteiger partial charge in [-0.2, -0.15) is 0 Å². The molecule has 3 nitrogen and oxygen atoms in total. The summed E-state index contributed by atoms with van der Waals surface area (Å²) >= 11 is 0. The molecule has 5 aromatic rings. The van der Waals surface area contributed by atoms with E-state index < -0.39 is 0 Å². The van der Waals surface area contributed by atoms with E-state index in [1.165, 1.54) is 21.9 Å². The quantitative estimate of drug-likeness (QED) is 0.267. The first kappa shape index (κ1) is 24.1. The van der Waals surface area contributed by atoms with Gasteiger partial charge in [-0.15, -0.1) is 12.4 Å². The second kappa shape index (κ2) is 9.77. The van der Waals surface area contributed by atoms with Crippen LogP contribution in [0.3, 0.4) is 0 Å². The van der Waals surface area contributed by atoms with E-state index in [1.807, 2.05) is 36.4 Å². The maximum Gasteiger partial charge on any atom is 0.228 e. The molecule has 1 aliphatic rings. The molecule has 5 aromatic carbocycles. The lowest BCUT2D eigenvalue weighted by Gasteiger charge is -2.13. The van der Waals surface area contributed by atoms with Gasteiger partial charge in [0.2, 0.25) is 5.91 Å². The van der Waals surface area contributed by atoms with Crippen LogP contribution >= 0.6 is 12.4 Å². The highest BCUT2D eigenvalue weighted by molar-refractivity contribution is 5.96. The minimum Gasteiger partial charge on any atom is -0.326 e. The minimum absolute atomic E-state index is 0. The van der Waals surface area contributed by atoms with Crippen LogP contribution in [-0.2, 0) is 17.6 Å². The average molecular weight is 493 g/mol. The SMILES string of the molecule is Cl.NC1(Cc2ccc3ccccc3c2)CC1c1ccc(NC(=O)Cc2cccc3ccccc23)cc1. The highest BCUT2D eigenvalue weighted by atomic mass is 35.5. The Kier molecular flexibility index (Phi) is 6.53. The Morgan fingerprint density at radius 1 is 0.806 bits per heavy atom. The molecular formula is C32H29ClN2O. The van der Waals surface area contributed by atoms with Gasteiger partial charge in [0.25, 0.3) is 0 Å². The highest BCUT2D eigenvalue weighted by Gasteiger charge is 2.51. The van der Waals surface area contributed by atoms with Crippen molar-refractivity contribution in [3.63, 3.8) is 0 Å². The van der Waals surface area contributed by atoms with Crippen LogP contribution in [0.4, 0.5) is 5.69 Å². The van der Waals surface area contributed by atoms with E-state index in [0.717, 1.165) is 34.9 Å². The van der Waals surface area contributed by atoms with Gasteiger partial charge in [-0.05, 0) is 63.2 Å². The monoisotopic (exact) mass is 492 g/mol. The van der Waals surface area contributed by atoms with Crippen molar-refractivity contribution in [2.75, 3.05) is 5.32 Å². The predicted octanol–water partition coefficient (Wildman–Crippen LogP) is 7.02. The summed E-state index contributed by atoms with van der Waals surface area (Å²) in [5.74, 6) is 0.333. The number of anilines is 1. The largest absolute Gasteiger partial charge is 0.326 e. The van der Waals surface area contributed by atoms with Gasteiger partial charge in [-0.3, -0.25) is 4.79 Å². The zero-order chi connectivity index (χ0) is 23.8. The van der Waals surface area contributed by atoms with Crippen LogP contribution in [0.2, 0.25) is 0 Å². The van der Waals surface area contributed by atoms with Crippen LogP contribution < -0.4 is 11.1 Å². The fourth-order valence-electron chi connectivity index (χ4n) is 5.32. The van der Waals surface area contributed by atoms with Crippen LogP contribution in [-0.4, -0.2) is 11.4 Å². The number of carbonyl (C=O) groups is 1. The van der Waals surface area contributed by atoms with Crippen molar-refractivity contribution >= 4 is 45.5 Å². The summed E-state index contributed by atoms with van der Waals surface area (Å²) < 4.78 is 0. The van der Waals surface area contributed by atoms with Crippen molar-refractivity contribution in [2.24, 2.45) is 5.73 Å². The molecule has 2 atom stereocenters. The summed E-state index contributed by atoms with van der Waals surface area (Å²) in [4.78, 5) is 12.7. The van der Waals surface area contributed by atoms with Crippen LogP contribution in [0.5, 0.6) is 0 Å². The molecule has 1 aliphatic carbocycles. The summed E-state index contributed by atoms with van der Waals surface area (Å²) in [5, 5.41) is 7.84. The van der Waals surface area contributed by atoms with E-state index in [1.54, 1.807) is 0 Å². The topological polar surface area (TPSA) is 55.1 Å². The first-order valence-electron chi connectivity index (χ1n) is 12.2. The number of hydrogen-bond donors (Lipinski definition) is 2. The van der Waals surface area contributed by atoms with E-state index in [9.17, 15) is 4.79 Å². The van der Waals surface area contributed by atoms with E-state index in [0.29, 0.717) is 12.3 Å². The van der Waals surface area contributed by atoms with Gasteiger partial charge in [0, 0.05) is 17.1 Å². The Balaban J connectivity index is 0.00000267. The standard InChI is InChI=1S/C32H28N2O.ClH/c33-32(20-22-12-13-23-6-1-2-8-26(23)18-22)21-30(32)25-14-16-28(17-15-25)34-31(35)19-27-10-5-9-24-7-3-4-11-29(24)27;/h1-18,30H,19-21,33H2,(H,34,35);1H. The highest BCUT2D eigenvalue weighted by Crippen LogP contribution is 2.51. The van der Waals surface area contributed by atoms with Gasteiger partial charge in [0.1, 0.15) is 0 Å². The zero-order valence-corrected chi connectivity index (χ0v) is 20.8. The summed E-state index contributed by atoms with van der Waals surface area (Å²) in [6.45, 7) is 0. The Labute approximate surface area is 217 Å². The second-order valence-corrected chi connectivity index (χ2v) is 9.83. The Hall–Kier alpha value is -3.66. The number of nitrogens with two attached hydrogens (primary N) is 1. The molecule has 0 saturated heterocycles. The van der Waals surface area contributed by atoms with Gasteiger partial charge in [0.05, 0.1) is 6.42 Å². The molecule has 180 valence electrons. The van der Waals surface area contributed by atoms with Crippen molar-refractivity contribution in [1.29, 1.82) is 0 Å². The lowest BCUT2D eigenvalue weighted by atomic mass is 9.97. The van der Waals surface area contributed by atoms with Gasteiger partial charge >= 0.3 is 0 Å². The minimum atomic E-state index is -0.207.